The molecule has 1 N–H and O–H groups in total. The van der Waals surface area contributed by atoms with Crippen molar-refractivity contribution in [2.24, 2.45) is 5.10 Å². The molecular weight excluding hydrogens is 511 g/mol. The molecule has 3 aromatic carbocycles. The zero-order valence-electron chi connectivity index (χ0n) is 20.9. The summed E-state index contributed by atoms with van der Waals surface area (Å²) in [5.74, 6) is 0.637. The van der Waals surface area contributed by atoms with Crippen LogP contribution in [0.1, 0.15) is 33.6 Å². The number of halogens is 3. The average Bonchev–Trinajstić information content (AvgIpc) is 3.19. The highest BCUT2D eigenvalue weighted by atomic mass is 19.4. The van der Waals surface area contributed by atoms with Crippen LogP contribution in [-0.4, -0.2) is 15.7 Å². The number of benzene rings is 3. The van der Waals surface area contributed by atoms with Crippen molar-refractivity contribution in [1.29, 1.82) is 5.26 Å². The molecule has 8 nitrogen and oxygen atoms in total. The normalized spacial score (nSPS) is 11.4. The minimum absolute atomic E-state index is 0.161. The molecule has 0 fully saturated rings. The fraction of sp³-hybridized carbons (Fsp3) is 0.143. The number of rotatable bonds is 8. The summed E-state index contributed by atoms with van der Waals surface area (Å²) in [7, 11) is 0. The maximum Gasteiger partial charge on any atom is 0.416 e. The van der Waals surface area contributed by atoms with Crippen LogP contribution in [0.5, 0.6) is 5.75 Å². The van der Waals surface area contributed by atoms with Crippen LogP contribution in [0.25, 0.3) is 5.69 Å². The number of alkyl halides is 3. The van der Waals surface area contributed by atoms with Gasteiger partial charge in [-0.15, -0.1) is 0 Å². The third-order valence-electron chi connectivity index (χ3n) is 6.01. The van der Waals surface area contributed by atoms with E-state index in [1.807, 2.05) is 60.9 Å². The van der Waals surface area contributed by atoms with Crippen LogP contribution < -0.4 is 10.2 Å². The Morgan fingerprint density at radius 2 is 1.82 bits per heavy atom. The lowest BCUT2D eigenvalue weighted by molar-refractivity contribution is -0.384. The van der Waals surface area contributed by atoms with Crippen molar-refractivity contribution < 1.29 is 22.8 Å². The molecule has 0 unspecified atom stereocenters. The number of aromatic nitrogens is 1. The van der Waals surface area contributed by atoms with Crippen LogP contribution >= 0.6 is 0 Å². The predicted molar refractivity (Wildman–Crippen MR) is 140 cm³/mol. The monoisotopic (exact) mass is 533 g/mol. The van der Waals surface area contributed by atoms with Crippen molar-refractivity contribution in [3.63, 3.8) is 0 Å². The SMILES string of the molecule is Cc1cc(/C=N\Nc2ccc(C(F)(F)F)cc2[N+](=O)[O-])c(C)n1-c1ccc(OCc2ccccc2C#N)cc1. The van der Waals surface area contributed by atoms with Gasteiger partial charge in [-0.1, -0.05) is 18.2 Å². The molecule has 0 radical (unpaired) electrons. The Hall–Kier alpha value is -5.11. The van der Waals surface area contributed by atoms with E-state index >= 15 is 0 Å². The molecule has 0 aliphatic rings. The Bertz CT molecular complexity index is 1590. The fourth-order valence-corrected chi connectivity index (χ4v) is 4.05. The van der Waals surface area contributed by atoms with Crippen LogP contribution in [0.3, 0.4) is 0 Å². The maximum absolute atomic E-state index is 12.9. The first-order chi connectivity index (χ1) is 18.6. The predicted octanol–water partition coefficient (Wildman–Crippen LogP) is 6.92. The molecule has 39 heavy (non-hydrogen) atoms. The number of nitro groups is 1. The molecule has 1 heterocycles. The molecule has 4 rings (SSSR count). The van der Waals surface area contributed by atoms with E-state index in [2.05, 4.69) is 16.6 Å². The van der Waals surface area contributed by atoms with E-state index in [0.717, 1.165) is 34.8 Å². The average molecular weight is 534 g/mol. The largest absolute Gasteiger partial charge is 0.489 e. The summed E-state index contributed by atoms with van der Waals surface area (Å²) >= 11 is 0. The Kier molecular flexibility index (Phi) is 7.67. The van der Waals surface area contributed by atoms with Crippen LogP contribution in [-0.2, 0) is 12.8 Å². The first kappa shape index (κ1) is 26.9. The summed E-state index contributed by atoms with van der Waals surface area (Å²) in [4.78, 5) is 10.4. The molecular formula is C28H22F3N5O3. The quantitative estimate of drug-likeness (QED) is 0.150. The molecule has 0 saturated carbocycles. The van der Waals surface area contributed by atoms with E-state index in [1.165, 1.54) is 6.21 Å². The third kappa shape index (κ3) is 6.07. The van der Waals surface area contributed by atoms with Gasteiger partial charge in [-0.05, 0) is 62.4 Å². The zero-order chi connectivity index (χ0) is 28.2. The van der Waals surface area contributed by atoms with Gasteiger partial charge in [0.1, 0.15) is 18.0 Å². The van der Waals surface area contributed by atoms with Gasteiger partial charge >= 0.3 is 6.18 Å². The first-order valence-corrected chi connectivity index (χ1v) is 11.6. The number of hydrazone groups is 1. The second kappa shape index (κ2) is 11.1. The van der Waals surface area contributed by atoms with Gasteiger partial charge in [0, 0.05) is 34.3 Å². The number of aryl methyl sites for hydroxylation is 1. The number of nitrogens with one attached hydrogen (secondary N) is 1. The first-order valence-electron chi connectivity index (χ1n) is 11.6. The van der Waals surface area contributed by atoms with Crippen molar-refractivity contribution in [2.45, 2.75) is 26.6 Å². The minimum Gasteiger partial charge on any atom is -0.489 e. The van der Waals surface area contributed by atoms with E-state index < -0.39 is 22.4 Å². The fourth-order valence-electron chi connectivity index (χ4n) is 4.05. The van der Waals surface area contributed by atoms with Crippen molar-refractivity contribution in [3.05, 3.63) is 117 Å². The lowest BCUT2D eigenvalue weighted by Crippen LogP contribution is -2.06. The topological polar surface area (TPSA) is 105 Å². The Morgan fingerprint density at radius 3 is 2.49 bits per heavy atom. The molecule has 0 spiro atoms. The Labute approximate surface area is 221 Å². The van der Waals surface area contributed by atoms with Crippen LogP contribution in [0.15, 0.2) is 77.9 Å². The molecule has 0 saturated heterocycles. The van der Waals surface area contributed by atoms with Crippen LogP contribution in [0.4, 0.5) is 24.5 Å². The summed E-state index contributed by atoms with van der Waals surface area (Å²) in [6, 6.07) is 20.9. The zero-order valence-corrected chi connectivity index (χ0v) is 20.9. The van der Waals surface area contributed by atoms with E-state index in [9.17, 15) is 28.5 Å². The molecule has 11 heteroatoms. The number of nitro benzene ring substituents is 1. The molecule has 4 aromatic rings. The van der Waals surface area contributed by atoms with E-state index in [4.69, 9.17) is 4.74 Å². The van der Waals surface area contributed by atoms with Gasteiger partial charge in [-0.2, -0.15) is 23.5 Å². The second-order valence-electron chi connectivity index (χ2n) is 8.57. The minimum atomic E-state index is -4.70. The van der Waals surface area contributed by atoms with E-state index in [-0.39, 0.29) is 12.3 Å². The van der Waals surface area contributed by atoms with Crippen molar-refractivity contribution in [1.82, 2.24) is 4.57 Å². The highest BCUT2D eigenvalue weighted by Crippen LogP contribution is 2.35. The summed E-state index contributed by atoms with van der Waals surface area (Å²) in [6.07, 6.45) is -3.25. The number of nitrogens with zero attached hydrogens (tertiary/aromatic N) is 4. The summed E-state index contributed by atoms with van der Waals surface area (Å²) in [6.45, 7) is 4.04. The highest BCUT2D eigenvalue weighted by Gasteiger charge is 2.33. The molecule has 1 aromatic heterocycles. The van der Waals surface area contributed by atoms with Crippen LogP contribution in [0, 0.1) is 35.3 Å². The number of hydrogen-bond donors (Lipinski definition) is 1. The lowest BCUT2D eigenvalue weighted by atomic mass is 10.1. The van der Waals surface area contributed by atoms with E-state index in [1.54, 1.807) is 12.1 Å². The van der Waals surface area contributed by atoms with Crippen LogP contribution in [0.2, 0.25) is 0 Å². The van der Waals surface area contributed by atoms with E-state index in [0.29, 0.717) is 22.9 Å². The standard InChI is InChI=1S/C28H22F3N5O3/c1-18-13-22(16-33-34-26-12-7-23(28(29,30)31)14-27(26)36(37)38)19(2)35(18)24-8-10-25(11-9-24)39-17-21-6-4-3-5-20(21)15-32/h3-14,16,34H,17H2,1-2H3/b33-16-. The summed E-state index contributed by atoms with van der Waals surface area (Å²) < 4.78 is 46.6. The van der Waals surface area contributed by atoms with Crippen molar-refractivity contribution in [2.75, 3.05) is 5.43 Å². The molecule has 0 aliphatic carbocycles. The highest BCUT2D eigenvalue weighted by molar-refractivity contribution is 5.83. The van der Waals surface area contributed by atoms with Gasteiger partial charge in [0.2, 0.25) is 0 Å². The second-order valence-corrected chi connectivity index (χ2v) is 8.57. The molecule has 0 aliphatic heterocycles. The van der Waals surface area contributed by atoms with Gasteiger partial charge in [0.25, 0.3) is 5.69 Å². The van der Waals surface area contributed by atoms with Crippen molar-refractivity contribution in [3.8, 4) is 17.5 Å². The number of hydrogen-bond acceptors (Lipinski definition) is 6. The number of ether oxygens (including phenoxy) is 1. The molecule has 0 atom stereocenters. The molecule has 198 valence electrons. The van der Waals surface area contributed by atoms with Crippen molar-refractivity contribution >= 4 is 17.6 Å². The molecule has 0 amide bonds. The third-order valence-corrected chi connectivity index (χ3v) is 6.01. The van der Waals surface area contributed by atoms with Gasteiger partial charge in [-0.25, -0.2) is 0 Å². The summed E-state index contributed by atoms with van der Waals surface area (Å²) in [5.41, 5.74) is 5.12. The smallest absolute Gasteiger partial charge is 0.416 e. The van der Waals surface area contributed by atoms with Gasteiger partial charge in [0.15, 0.2) is 0 Å². The van der Waals surface area contributed by atoms with Gasteiger partial charge in [0.05, 0.1) is 28.3 Å². The lowest BCUT2D eigenvalue weighted by Gasteiger charge is -2.12. The maximum atomic E-state index is 12.9. The summed E-state index contributed by atoms with van der Waals surface area (Å²) in [5, 5.41) is 24.5. The number of anilines is 1. The Morgan fingerprint density at radius 1 is 1.10 bits per heavy atom. The molecule has 0 bridgehead atoms. The van der Waals surface area contributed by atoms with Gasteiger partial charge in [-0.3, -0.25) is 15.5 Å². The Balaban J connectivity index is 1.48. The number of nitriles is 1. The van der Waals surface area contributed by atoms with Gasteiger partial charge < -0.3 is 9.30 Å².